The van der Waals surface area contributed by atoms with Crippen LogP contribution in [0.3, 0.4) is 0 Å². The lowest BCUT2D eigenvalue weighted by atomic mass is 9.80. The van der Waals surface area contributed by atoms with Crippen LogP contribution in [-0.2, 0) is 19.5 Å². The molecule has 0 radical (unpaired) electrons. The third-order valence-corrected chi connectivity index (χ3v) is 15.2. The number of aromatic nitrogens is 4. The number of anilines is 1. The summed E-state index contributed by atoms with van der Waals surface area (Å²) in [5.74, 6) is 0.657. The van der Waals surface area contributed by atoms with Crippen LogP contribution in [-0.4, -0.2) is 70.9 Å². The van der Waals surface area contributed by atoms with E-state index in [9.17, 15) is 9.90 Å². The Balaban J connectivity index is 1.27. The Morgan fingerprint density at radius 2 is 1.42 bits per heavy atom. The molecule has 1 saturated heterocycles. The maximum atomic E-state index is 13.1. The molecule has 3 heterocycles. The second-order valence-corrected chi connectivity index (χ2v) is 20.0. The fourth-order valence-corrected chi connectivity index (χ4v) is 8.04. The third kappa shape index (κ3) is 7.43. The number of hydrogen-bond donors (Lipinski definition) is 2. The highest BCUT2D eigenvalue weighted by Gasteiger charge is 2.52. The van der Waals surface area contributed by atoms with Gasteiger partial charge in [-0.25, -0.2) is 15.0 Å². The Morgan fingerprint density at radius 1 is 0.836 bits per heavy atom. The Kier molecular flexibility index (Phi) is 10.7. The van der Waals surface area contributed by atoms with Crippen molar-refractivity contribution in [1.82, 2.24) is 19.5 Å². The van der Waals surface area contributed by atoms with Crippen LogP contribution in [0.2, 0.25) is 18.1 Å². The highest BCUT2D eigenvalue weighted by Crippen LogP contribution is 2.45. The van der Waals surface area contributed by atoms with E-state index in [0.29, 0.717) is 16.7 Å². The summed E-state index contributed by atoms with van der Waals surface area (Å²) in [7, 11) is -0.835. The molecular weight excluding hydrogens is 711 g/mol. The molecule has 55 heavy (non-hydrogen) atoms. The highest BCUT2D eigenvalue weighted by atomic mass is 28.4. The van der Waals surface area contributed by atoms with Gasteiger partial charge >= 0.3 is 0 Å². The van der Waals surface area contributed by atoms with E-state index < -0.39 is 38.5 Å². The van der Waals surface area contributed by atoms with Crippen molar-refractivity contribution in [3.05, 3.63) is 150 Å². The van der Waals surface area contributed by atoms with E-state index >= 15 is 0 Å². The normalized spacial score (nSPS) is 19.0. The van der Waals surface area contributed by atoms with E-state index in [4.69, 9.17) is 18.6 Å². The summed E-state index contributed by atoms with van der Waals surface area (Å²) in [6, 6.07) is 36.8. The number of nitrogens with zero attached hydrogens (tertiary/aromatic N) is 4. The molecule has 0 unspecified atom stereocenters. The van der Waals surface area contributed by atoms with Crippen molar-refractivity contribution in [2.24, 2.45) is 0 Å². The molecule has 1 aliphatic heterocycles. The zero-order chi connectivity index (χ0) is 38.8. The fourth-order valence-electron chi connectivity index (χ4n) is 6.75. The lowest BCUT2D eigenvalue weighted by Crippen LogP contribution is -2.49. The number of aliphatic hydroxyl groups is 1. The molecule has 2 N–H and O–H groups in total. The van der Waals surface area contributed by atoms with Crippen molar-refractivity contribution in [2.75, 3.05) is 19.0 Å². The van der Waals surface area contributed by atoms with Crippen molar-refractivity contribution in [3.63, 3.8) is 0 Å². The molecule has 12 heteroatoms. The lowest BCUT2D eigenvalue weighted by Gasteiger charge is -2.40. The van der Waals surface area contributed by atoms with Crippen molar-refractivity contribution in [2.45, 2.75) is 69.0 Å². The highest BCUT2D eigenvalue weighted by molar-refractivity contribution is 6.74. The number of ether oxygens (including phenoxy) is 3. The van der Waals surface area contributed by atoms with Gasteiger partial charge in [-0.1, -0.05) is 112 Å². The monoisotopic (exact) mass is 757 g/mol. The van der Waals surface area contributed by atoms with E-state index in [1.165, 1.54) is 6.33 Å². The van der Waals surface area contributed by atoms with Crippen LogP contribution in [0.5, 0.6) is 5.75 Å². The molecule has 0 aliphatic carbocycles. The maximum absolute atomic E-state index is 13.1. The first-order chi connectivity index (χ1) is 26.4. The molecule has 7 rings (SSSR count). The molecule has 284 valence electrons. The van der Waals surface area contributed by atoms with Gasteiger partial charge < -0.3 is 29.1 Å². The minimum Gasteiger partial charge on any atom is -0.497 e. The van der Waals surface area contributed by atoms with Crippen LogP contribution in [0.1, 0.15) is 54.0 Å². The maximum Gasteiger partial charge on any atom is 0.256 e. The molecule has 0 spiro atoms. The molecule has 4 aromatic carbocycles. The first-order valence-corrected chi connectivity index (χ1v) is 21.3. The van der Waals surface area contributed by atoms with E-state index in [2.05, 4.69) is 54.1 Å². The number of rotatable bonds is 12. The van der Waals surface area contributed by atoms with Crippen LogP contribution in [0.4, 0.5) is 5.82 Å². The van der Waals surface area contributed by atoms with E-state index in [0.717, 1.165) is 22.4 Å². The number of aliphatic hydroxyl groups excluding tert-OH is 1. The molecule has 6 aromatic rings. The average Bonchev–Trinajstić information content (AvgIpc) is 3.76. The number of benzene rings is 4. The summed E-state index contributed by atoms with van der Waals surface area (Å²) in [5.41, 5.74) is 2.90. The molecule has 0 bridgehead atoms. The first-order valence-electron chi connectivity index (χ1n) is 18.4. The van der Waals surface area contributed by atoms with Gasteiger partial charge in [0.1, 0.15) is 36.0 Å². The van der Waals surface area contributed by atoms with Crippen LogP contribution in [0.15, 0.2) is 128 Å². The van der Waals surface area contributed by atoms with Gasteiger partial charge in [0.15, 0.2) is 31.5 Å². The third-order valence-electron chi connectivity index (χ3n) is 10.8. The van der Waals surface area contributed by atoms with Crippen LogP contribution < -0.4 is 10.1 Å². The first kappa shape index (κ1) is 38.0. The molecule has 2 aromatic heterocycles. The smallest absolute Gasteiger partial charge is 0.256 e. The number of carbonyl (C=O) groups excluding carboxylic acids is 1. The Labute approximate surface area is 322 Å². The zero-order valence-electron chi connectivity index (χ0n) is 31.9. The second kappa shape index (κ2) is 15.5. The van der Waals surface area contributed by atoms with E-state index in [1.54, 1.807) is 42.3 Å². The summed E-state index contributed by atoms with van der Waals surface area (Å²) in [5, 5.41) is 15.0. The van der Waals surface area contributed by atoms with Gasteiger partial charge in [-0.2, -0.15) is 0 Å². The van der Waals surface area contributed by atoms with Crippen molar-refractivity contribution < 1.29 is 28.5 Å². The van der Waals surface area contributed by atoms with E-state index in [1.807, 2.05) is 91.0 Å². The Bertz CT molecular complexity index is 2170. The lowest BCUT2D eigenvalue weighted by molar-refractivity contribution is -0.0940. The zero-order valence-corrected chi connectivity index (χ0v) is 32.9. The average molecular weight is 758 g/mol. The Morgan fingerprint density at radius 3 is 2.00 bits per heavy atom. The number of fused-ring (bicyclic) bond motifs is 1. The van der Waals surface area contributed by atoms with Crippen molar-refractivity contribution in [1.29, 1.82) is 0 Å². The predicted molar refractivity (Wildman–Crippen MR) is 213 cm³/mol. The van der Waals surface area contributed by atoms with E-state index in [-0.39, 0.29) is 23.4 Å². The molecule has 1 aliphatic rings. The second-order valence-electron chi connectivity index (χ2n) is 15.2. The van der Waals surface area contributed by atoms with Crippen LogP contribution in [0, 0.1) is 0 Å². The van der Waals surface area contributed by atoms with Gasteiger partial charge in [0, 0.05) is 5.56 Å². The van der Waals surface area contributed by atoms with Crippen LogP contribution >= 0.6 is 0 Å². The number of nitrogens with one attached hydrogen (secondary N) is 1. The summed E-state index contributed by atoms with van der Waals surface area (Å²) in [4.78, 5) is 26.6. The summed E-state index contributed by atoms with van der Waals surface area (Å²) in [6.07, 6.45) is -0.570. The predicted octanol–water partition coefficient (Wildman–Crippen LogP) is 7.74. The number of imidazole rings is 1. The minimum atomic E-state index is -2.48. The summed E-state index contributed by atoms with van der Waals surface area (Å²) in [6.45, 7) is 10.8. The number of methoxy groups -OCH3 is 1. The molecule has 4 atom stereocenters. The SMILES string of the molecule is COc1ccc(C(OC[C@@H]2O[C@H](n3cnc4c(NC(=O)c5ccccc5)ncnc43)[C@H](O[Si](C)(C)C(C)(C)C)[C@H]2O)(c2ccccc2)c2ccccc2)cc1. The molecule has 1 fully saturated rings. The van der Waals surface area contributed by atoms with Crippen molar-refractivity contribution >= 4 is 31.2 Å². The largest absolute Gasteiger partial charge is 0.497 e. The van der Waals surface area contributed by atoms with Gasteiger partial charge in [-0.05, 0) is 59.1 Å². The number of carbonyl (C=O) groups is 1. The van der Waals surface area contributed by atoms with Gasteiger partial charge in [0.05, 0.1) is 20.0 Å². The quantitative estimate of drug-likeness (QED) is 0.0951. The summed E-state index contributed by atoms with van der Waals surface area (Å²) >= 11 is 0. The topological polar surface area (TPSA) is 130 Å². The van der Waals surface area contributed by atoms with Gasteiger partial charge in [0.2, 0.25) is 0 Å². The molecule has 11 nitrogen and oxygen atoms in total. The summed E-state index contributed by atoms with van der Waals surface area (Å²) < 4.78 is 28.2. The van der Waals surface area contributed by atoms with Gasteiger partial charge in [-0.3, -0.25) is 9.36 Å². The molecule has 1 amide bonds. The fraction of sp³-hybridized carbons (Fsp3) is 0.302. The molecular formula is C43H47N5O6Si. The minimum absolute atomic E-state index is 0.00480. The van der Waals surface area contributed by atoms with Crippen molar-refractivity contribution in [3.8, 4) is 5.75 Å². The van der Waals surface area contributed by atoms with Crippen LogP contribution in [0.25, 0.3) is 11.2 Å². The Hall–Kier alpha value is -5.24. The molecule has 0 saturated carbocycles. The van der Waals surface area contributed by atoms with Gasteiger partial charge in [0.25, 0.3) is 5.91 Å². The number of amides is 1. The number of hydrogen-bond acceptors (Lipinski definition) is 9. The van der Waals surface area contributed by atoms with Gasteiger partial charge in [-0.15, -0.1) is 0 Å². The standard InChI is InChI=1S/C43H47N5O6Si/c1-42(2,3)55(5,6)54-37-36(49)34(53-41(37)48-28-46-35-38(44-27-45-39(35)48)47-40(50)29-16-10-7-11-17-29)26-52-43(30-18-12-8-13-19-30,31-20-14-9-15-21-31)32-22-24-33(51-4)25-23-32/h7-25,27-28,34,36-37,41,49H,26H2,1-6H3,(H,44,45,47,50)/t34-,36-,37+,41-/m0/s1.